The minimum absolute atomic E-state index is 0.546. The third-order valence-electron chi connectivity index (χ3n) is 6.62. The topological polar surface area (TPSA) is 20.3 Å². The number of hydrogen-bond acceptors (Lipinski definition) is 2. The highest BCUT2D eigenvalue weighted by Crippen LogP contribution is 2.44. The minimum Gasteiger partial charge on any atom is -0.300 e. The maximum Gasteiger partial charge on any atom is 0.136 e. The van der Waals surface area contributed by atoms with Crippen LogP contribution in [0.1, 0.15) is 77.0 Å². The molecule has 0 aromatic rings. The van der Waals surface area contributed by atoms with E-state index in [2.05, 4.69) is 4.90 Å². The van der Waals surface area contributed by atoms with E-state index >= 15 is 0 Å². The molecule has 2 aliphatic heterocycles. The molecule has 2 aliphatic carbocycles. The smallest absolute Gasteiger partial charge is 0.136 e. The van der Waals surface area contributed by atoms with Gasteiger partial charge >= 0.3 is 0 Å². The summed E-state index contributed by atoms with van der Waals surface area (Å²) in [5, 5.41) is 0. The van der Waals surface area contributed by atoms with E-state index in [1.807, 2.05) is 0 Å². The van der Waals surface area contributed by atoms with Crippen molar-refractivity contribution >= 4 is 5.78 Å². The van der Waals surface area contributed by atoms with Gasteiger partial charge in [-0.3, -0.25) is 9.69 Å². The van der Waals surface area contributed by atoms with E-state index in [4.69, 9.17) is 0 Å². The van der Waals surface area contributed by atoms with Crippen molar-refractivity contribution in [2.45, 2.75) is 95.2 Å². The maximum atomic E-state index is 11.9. The molecule has 2 heteroatoms. The predicted molar refractivity (Wildman–Crippen MR) is 80.6 cm³/mol. The van der Waals surface area contributed by atoms with Crippen LogP contribution in [0.15, 0.2) is 0 Å². The zero-order valence-electron chi connectivity index (χ0n) is 12.7. The summed E-state index contributed by atoms with van der Waals surface area (Å²) in [5.74, 6) is 2.54. The second kappa shape index (κ2) is 5.44. The molecule has 2 saturated heterocycles. The number of ketones is 1. The summed E-state index contributed by atoms with van der Waals surface area (Å²) in [5.41, 5.74) is 0. The Hall–Kier alpha value is -0.370. The highest BCUT2D eigenvalue weighted by molar-refractivity contribution is 5.80. The summed E-state index contributed by atoms with van der Waals surface area (Å²) in [6.07, 6.45) is 16.0. The van der Waals surface area contributed by atoms with Gasteiger partial charge in [0, 0.05) is 31.0 Å². The Morgan fingerprint density at radius 3 is 1.90 bits per heavy atom. The van der Waals surface area contributed by atoms with Crippen LogP contribution in [-0.4, -0.2) is 28.8 Å². The molecule has 0 aromatic carbocycles. The van der Waals surface area contributed by atoms with E-state index in [0.29, 0.717) is 17.9 Å². The first-order valence-corrected chi connectivity index (χ1v) is 9.08. The highest BCUT2D eigenvalue weighted by Gasteiger charge is 2.43. The van der Waals surface area contributed by atoms with E-state index in [0.717, 1.165) is 30.7 Å². The number of rotatable bonds is 1. The predicted octanol–water partition coefficient (Wildman–Crippen LogP) is 3.93. The lowest BCUT2D eigenvalue weighted by Gasteiger charge is -2.52. The number of piperidine rings is 2. The molecular weight excluding hydrogens is 246 g/mol. The van der Waals surface area contributed by atoms with Crippen LogP contribution < -0.4 is 0 Å². The standard InChI is InChI=1S/C18H29NO/c20-18-11-15-6-3-7-16(12-18)19(15)17-9-13-4-1-2-5-14(8-13)10-17/h13-17H,1-12H2/t13-,14+,15-,16+,17-. The minimum atomic E-state index is 0.546. The van der Waals surface area contributed by atoms with Gasteiger partial charge < -0.3 is 0 Å². The van der Waals surface area contributed by atoms with Crippen molar-refractivity contribution in [1.82, 2.24) is 4.90 Å². The Bertz CT molecular complexity index is 350. The molecule has 4 fully saturated rings. The van der Waals surface area contributed by atoms with Gasteiger partial charge in [-0.1, -0.05) is 32.1 Å². The molecule has 0 spiro atoms. The molecule has 0 radical (unpaired) electrons. The Morgan fingerprint density at radius 2 is 1.30 bits per heavy atom. The zero-order valence-corrected chi connectivity index (χ0v) is 12.7. The van der Waals surface area contributed by atoms with Crippen LogP contribution in [0.4, 0.5) is 0 Å². The summed E-state index contributed by atoms with van der Waals surface area (Å²) >= 11 is 0. The SMILES string of the molecule is O=C1C[C@H]2CCC[C@@H](C1)N2[C@@H]1C[C@@H]2CCCC[C@@H](C2)C1. The lowest BCUT2D eigenvalue weighted by Crippen LogP contribution is -2.58. The molecular formula is C18H29NO. The van der Waals surface area contributed by atoms with Gasteiger partial charge in [0.1, 0.15) is 5.78 Å². The third kappa shape index (κ3) is 2.45. The van der Waals surface area contributed by atoms with Gasteiger partial charge in [0.05, 0.1) is 0 Å². The van der Waals surface area contributed by atoms with Crippen molar-refractivity contribution in [3.8, 4) is 0 Å². The quantitative estimate of drug-likeness (QED) is 0.722. The van der Waals surface area contributed by atoms with Crippen LogP contribution >= 0.6 is 0 Å². The molecule has 2 heterocycles. The van der Waals surface area contributed by atoms with Crippen molar-refractivity contribution in [3.05, 3.63) is 0 Å². The van der Waals surface area contributed by atoms with Crippen molar-refractivity contribution in [2.75, 3.05) is 0 Å². The van der Waals surface area contributed by atoms with Crippen molar-refractivity contribution < 1.29 is 4.79 Å². The normalized spacial score (nSPS) is 46.0. The summed E-state index contributed by atoms with van der Waals surface area (Å²) in [6, 6.07) is 2.04. The van der Waals surface area contributed by atoms with Gasteiger partial charge in [0.25, 0.3) is 0 Å². The van der Waals surface area contributed by atoms with Crippen LogP contribution in [-0.2, 0) is 4.79 Å². The van der Waals surface area contributed by atoms with Crippen LogP contribution in [0.2, 0.25) is 0 Å². The number of nitrogens with zero attached hydrogens (tertiary/aromatic N) is 1. The number of carbonyl (C=O) groups excluding carboxylic acids is 1. The Kier molecular flexibility index (Phi) is 3.62. The maximum absolute atomic E-state index is 11.9. The molecule has 4 bridgehead atoms. The second-order valence-corrected chi connectivity index (χ2v) is 8.01. The van der Waals surface area contributed by atoms with Gasteiger partial charge in [-0.2, -0.15) is 0 Å². The van der Waals surface area contributed by atoms with Crippen LogP contribution in [0.5, 0.6) is 0 Å². The van der Waals surface area contributed by atoms with Gasteiger partial charge in [-0.05, 0) is 43.9 Å². The number of hydrogen-bond donors (Lipinski definition) is 0. The zero-order chi connectivity index (χ0) is 13.5. The monoisotopic (exact) mass is 275 g/mol. The number of fused-ring (bicyclic) bond motifs is 4. The molecule has 4 aliphatic rings. The van der Waals surface area contributed by atoms with Gasteiger partial charge in [-0.15, -0.1) is 0 Å². The fraction of sp³-hybridized carbons (Fsp3) is 0.944. The Morgan fingerprint density at radius 1 is 0.700 bits per heavy atom. The van der Waals surface area contributed by atoms with Crippen LogP contribution in [0, 0.1) is 11.8 Å². The van der Waals surface area contributed by atoms with Crippen molar-refractivity contribution in [3.63, 3.8) is 0 Å². The van der Waals surface area contributed by atoms with Gasteiger partial charge in [-0.25, -0.2) is 0 Å². The average molecular weight is 275 g/mol. The molecule has 4 rings (SSSR count). The van der Waals surface area contributed by atoms with E-state index in [1.54, 1.807) is 0 Å². The average Bonchev–Trinajstić information content (AvgIpc) is 2.58. The lowest BCUT2D eigenvalue weighted by atomic mass is 9.74. The van der Waals surface area contributed by atoms with Crippen molar-refractivity contribution in [2.24, 2.45) is 11.8 Å². The fourth-order valence-electron chi connectivity index (χ4n) is 5.92. The second-order valence-electron chi connectivity index (χ2n) is 8.01. The molecule has 0 amide bonds. The molecule has 0 unspecified atom stereocenters. The molecule has 112 valence electrons. The number of carbonyl (C=O) groups is 1. The van der Waals surface area contributed by atoms with Crippen molar-refractivity contribution in [1.29, 1.82) is 0 Å². The van der Waals surface area contributed by atoms with Crippen LogP contribution in [0.3, 0.4) is 0 Å². The summed E-state index contributed by atoms with van der Waals surface area (Å²) in [4.78, 5) is 14.8. The van der Waals surface area contributed by atoms with E-state index in [1.165, 1.54) is 64.2 Å². The Balaban J connectivity index is 1.53. The molecule has 20 heavy (non-hydrogen) atoms. The van der Waals surface area contributed by atoms with Gasteiger partial charge in [0.15, 0.2) is 0 Å². The summed E-state index contributed by atoms with van der Waals surface area (Å²) in [6.45, 7) is 0. The Labute approximate surface area is 123 Å². The first-order chi connectivity index (χ1) is 9.79. The highest BCUT2D eigenvalue weighted by atomic mass is 16.1. The first kappa shape index (κ1) is 13.3. The largest absolute Gasteiger partial charge is 0.300 e. The number of Topliss-reactive ketones (excluding diaryl/α,β-unsaturated/α-hetero) is 1. The molecule has 0 aromatic heterocycles. The van der Waals surface area contributed by atoms with Crippen LogP contribution in [0.25, 0.3) is 0 Å². The molecule has 2 saturated carbocycles. The van der Waals surface area contributed by atoms with Gasteiger partial charge in [0.2, 0.25) is 0 Å². The molecule has 0 N–H and O–H groups in total. The van der Waals surface area contributed by atoms with E-state index < -0.39 is 0 Å². The molecule has 2 nitrogen and oxygen atoms in total. The lowest BCUT2D eigenvalue weighted by molar-refractivity contribution is -0.130. The molecule has 5 atom stereocenters. The summed E-state index contributed by atoms with van der Waals surface area (Å²) in [7, 11) is 0. The summed E-state index contributed by atoms with van der Waals surface area (Å²) < 4.78 is 0. The first-order valence-electron chi connectivity index (χ1n) is 9.08. The van der Waals surface area contributed by atoms with E-state index in [-0.39, 0.29) is 0 Å². The third-order valence-corrected chi connectivity index (χ3v) is 6.62. The fourth-order valence-corrected chi connectivity index (χ4v) is 5.92. The van der Waals surface area contributed by atoms with E-state index in [9.17, 15) is 4.79 Å².